The molecule has 1 aromatic carbocycles. The average Bonchev–Trinajstić information content (AvgIpc) is 3.04. The van der Waals surface area contributed by atoms with Crippen molar-refractivity contribution < 1.29 is 14.6 Å². The Labute approximate surface area is 163 Å². The maximum atomic E-state index is 11.6. The van der Waals surface area contributed by atoms with E-state index in [0.29, 0.717) is 18.2 Å². The Kier molecular flexibility index (Phi) is 6.22. The Morgan fingerprint density at radius 2 is 2.27 bits per heavy atom. The smallest absolute Gasteiger partial charge is 0.307 e. The molecule has 140 valence electrons. The predicted molar refractivity (Wildman–Crippen MR) is 105 cm³/mol. The fourth-order valence-electron chi connectivity index (χ4n) is 3.59. The largest absolute Gasteiger partial charge is 0.494 e. The summed E-state index contributed by atoms with van der Waals surface area (Å²) in [6, 6.07) is 7.83. The van der Waals surface area contributed by atoms with Gasteiger partial charge in [-0.3, -0.25) is 9.69 Å². The summed E-state index contributed by atoms with van der Waals surface area (Å²) in [5.41, 5.74) is 2.22. The molecule has 0 radical (unpaired) electrons. The standard InChI is InChI=1S/C20H24ClNO3S/c1-3-25-17-7-6-15(21)10-16(17)19(18-9-13(2)12-26-18)22-8-4-5-14(11-22)20(23)24/h6-7,9-10,12,14,19H,3-5,8,11H2,1-2H3,(H,23,24). The molecule has 0 bridgehead atoms. The number of benzene rings is 1. The van der Waals surface area contributed by atoms with Gasteiger partial charge in [0.05, 0.1) is 18.6 Å². The maximum absolute atomic E-state index is 11.6. The highest BCUT2D eigenvalue weighted by Crippen LogP contribution is 2.40. The topological polar surface area (TPSA) is 49.8 Å². The van der Waals surface area contributed by atoms with E-state index in [1.54, 1.807) is 11.3 Å². The van der Waals surface area contributed by atoms with E-state index < -0.39 is 5.97 Å². The minimum atomic E-state index is -0.716. The number of carboxylic acid groups (broad SMARTS) is 1. The molecule has 0 amide bonds. The van der Waals surface area contributed by atoms with Crippen molar-refractivity contribution in [3.63, 3.8) is 0 Å². The summed E-state index contributed by atoms with van der Waals surface area (Å²) in [5.74, 6) is -0.237. The number of hydrogen-bond donors (Lipinski definition) is 1. The van der Waals surface area contributed by atoms with Gasteiger partial charge in [0, 0.05) is 22.0 Å². The number of carbonyl (C=O) groups is 1. The second-order valence-electron chi connectivity index (χ2n) is 6.72. The molecule has 2 aromatic rings. The van der Waals surface area contributed by atoms with E-state index in [9.17, 15) is 9.90 Å². The molecule has 2 atom stereocenters. The van der Waals surface area contributed by atoms with Crippen molar-refractivity contribution in [2.75, 3.05) is 19.7 Å². The van der Waals surface area contributed by atoms with Gasteiger partial charge in [-0.2, -0.15) is 0 Å². The van der Waals surface area contributed by atoms with Gasteiger partial charge in [0.2, 0.25) is 0 Å². The Balaban J connectivity index is 2.05. The summed E-state index contributed by atoms with van der Waals surface area (Å²) < 4.78 is 5.87. The van der Waals surface area contributed by atoms with Crippen molar-refractivity contribution in [1.82, 2.24) is 4.90 Å². The van der Waals surface area contributed by atoms with E-state index in [2.05, 4.69) is 23.3 Å². The zero-order valence-electron chi connectivity index (χ0n) is 15.1. The van der Waals surface area contributed by atoms with Crippen molar-refractivity contribution in [2.45, 2.75) is 32.7 Å². The highest BCUT2D eigenvalue weighted by Gasteiger charge is 2.33. The zero-order chi connectivity index (χ0) is 18.7. The third kappa shape index (κ3) is 4.22. The molecule has 1 N–H and O–H groups in total. The maximum Gasteiger partial charge on any atom is 0.307 e. The molecular weight excluding hydrogens is 370 g/mol. The van der Waals surface area contributed by atoms with Crippen LogP contribution in [0, 0.1) is 12.8 Å². The van der Waals surface area contributed by atoms with Crippen molar-refractivity contribution >= 4 is 28.9 Å². The number of piperidine rings is 1. The van der Waals surface area contributed by atoms with Crippen molar-refractivity contribution in [1.29, 1.82) is 0 Å². The molecule has 1 aliphatic heterocycles. The summed E-state index contributed by atoms with van der Waals surface area (Å²) in [4.78, 5) is 15.0. The minimum Gasteiger partial charge on any atom is -0.494 e. The molecule has 1 aromatic heterocycles. The summed E-state index contributed by atoms with van der Waals surface area (Å²) in [6.45, 7) is 6.01. The lowest BCUT2D eigenvalue weighted by Crippen LogP contribution is -2.41. The number of hydrogen-bond acceptors (Lipinski definition) is 4. The van der Waals surface area contributed by atoms with Crippen molar-refractivity contribution in [2.24, 2.45) is 5.92 Å². The number of rotatable bonds is 6. The summed E-state index contributed by atoms with van der Waals surface area (Å²) in [5, 5.41) is 12.3. The number of nitrogens with zero attached hydrogens (tertiary/aromatic N) is 1. The first-order chi connectivity index (χ1) is 12.5. The number of aryl methyl sites for hydroxylation is 1. The number of ether oxygens (including phenoxy) is 1. The molecule has 1 saturated heterocycles. The van der Waals surface area contributed by atoms with Crippen LogP contribution in [0.3, 0.4) is 0 Å². The van der Waals surface area contributed by atoms with E-state index >= 15 is 0 Å². The lowest BCUT2D eigenvalue weighted by atomic mass is 9.93. The average molecular weight is 394 g/mol. The molecule has 2 unspecified atom stereocenters. The van der Waals surface area contributed by atoms with E-state index in [-0.39, 0.29) is 12.0 Å². The normalized spacial score (nSPS) is 19.3. The highest BCUT2D eigenvalue weighted by atomic mass is 35.5. The third-order valence-corrected chi connectivity index (χ3v) is 6.09. The summed E-state index contributed by atoms with van der Waals surface area (Å²) in [6.07, 6.45) is 1.61. The Morgan fingerprint density at radius 3 is 2.92 bits per heavy atom. The molecular formula is C20H24ClNO3S. The van der Waals surface area contributed by atoms with Crippen LogP contribution in [0.4, 0.5) is 0 Å². The number of thiophene rings is 1. The molecule has 3 rings (SSSR count). The summed E-state index contributed by atoms with van der Waals surface area (Å²) in [7, 11) is 0. The van der Waals surface area contributed by atoms with E-state index in [0.717, 1.165) is 30.7 Å². The Morgan fingerprint density at radius 1 is 1.46 bits per heavy atom. The van der Waals surface area contributed by atoms with Crippen molar-refractivity contribution in [3.05, 3.63) is 50.7 Å². The van der Waals surface area contributed by atoms with Crippen LogP contribution in [0.15, 0.2) is 29.6 Å². The molecule has 26 heavy (non-hydrogen) atoms. The van der Waals surface area contributed by atoms with E-state index in [1.165, 1.54) is 10.4 Å². The first kappa shape index (κ1) is 19.2. The van der Waals surface area contributed by atoms with Crippen LogP contribution in [0.2, 0.25) is 5.02 Å². The van der Waals surface area contributed by atoms with Crippen LogP contribution in [0.25, 0.3) is 0 Å². The lowest BCUT2D eigenvalue weighted by molar-refractivity contribution is -0.143. The van der Waals surface area contributed by atoms with Crippen LogP contribution in [0.1, 0.15) is 41.8 Å². The predicted octanol–water partition coefficient (Wildman–Crippen LogP) is 4.99. The van der Waals surface area contributed by atoms with Gasteiger partial charge in [-0.25, -0.2) is 0 Å². The first-order valence-electron chi connectivity index (χ1n) is 8.93. The second-order valence-corrected chi connectivity index (χ2v) is 8.10. The molecule has 0 saturated carbocycles. The van der Waals surface area contributed by atoms with Gasteiger partial charge >= 0.3 is 5.97 Å². The summed E-state index contributed by atoms with van der Waals surface area (Å²) >= 11 is 8.01. The first-order valence-corrected chi connectivity index (χ1v) is 10.2. The van der Waals surface area contributed by atoms with Crippen molar-refractivity contribution in [3.8, 4) is 5.75 Å². The minimum absolute atomic E-state index is 0.0453. The van der Waals surface area contributed by atoms with Gasteiger partial charge in [0.15, 0.2) is 0 Å². The van der Waals surface area contributed by atoms with Crippen LogP contribution < -0.4 is 4.74 Å². The SMILES string of the molecule is CCOc1ccc(Cl)cc1C(c1cc(C)cs1)N1CCCC(C(=O)O)C1. The number of likely N-dealkylation sites (tertiary alicyclic amines) is 1. The van der Waals surface area contributed by atoms with Gasteiger partial charge in [-0.05, 0) is 68.4 Å². The third-order valence-electron chi connectivity index (χ3n) is 4.75. The van der Waals surface area contributed by atoms with E-state index in [1.807, 2.05) is 25.1 Å². The van der Waals surface area contributed by atoms with Crippen LogP contribution in [-0.4, -0.2) is 35.7 Å². The Hall–Kier alpha value is -1.56. The number of aliphatic carboxylic acids is 1. The van der Waals surface area contributed by atoms with Crippen LogP contribution in [0.5, 0.6) is 5.75 Å². The molecule has 2 heterocycles. The molecule has 6 heteroatoms. The number of halogens is 1. The quantitative estimate of drug-likeness (QED) is 0.750. The fraction of sp³-hybridized carbons (Fsp3) is 0.450. The van der Waals surface area contributed by atoms with Gasteiger partial charge in [0.1, 0.15) is 5.75 Å². The van der Waals surface area contributed by atoms with Crippen LogP contribution in [-0.2, 0) is 4.79 Å². The highest BCUT2D eigenvalue weighted by molar-refractivity contribution is 7.10. The fourth-order valence-corrected chi connectivity index (χ4v) is 4.82. The Bertz CT molecular complexity index is 776. The van der Waals surface area contributed by atoms with Gasteiger partial charge < -0.3 is 9.84 Å². The number of carboxylic acids is 1. The molecule has 0 spiro atoms. The van der Waals surface area contributed by atoms with Crippen LogP contribution >= 0.6 is 22.9 Å². The molecule has 4 nitrogen and oxygen atoms in total. The van der Waals surface area contributed by atoms with Gasteiger partial charge in [-0.15, -0.1) is 11.3 Å². The molecule has 0 aliphatic carbocycles. The zero-order valence-corrected chi connectivity index (χ0v) is 16.6. The van der Waals surface area contributed by atoms with Gasteiger partial charge in [0.25, 0.3) is 0 Å². The molecule has 1 fully saturated rings. The second kappa shape index (κ2) is 8.42. The molecule has 1 aliphatic rings. The lowest BCUT2D eigenvalue weighted by Gasteiger charge is -2.37. The van der Waals surface area contributed by atoms with Gasteiger partial charge in [-0.1, -0.05) is 11.6 Å². The monoisotopic (exact) mass is 393 g/mol. The van der Waals surface area contributed by atoms with E-state index in [4.69, 9.17) is 16.3 Å².